The summed E-state index contributed by atoms with van der Waals surface area (Å²) in [6.45, 7) is 1.57. The van der Waals surface area contributed by atoms with E-state index in [0.717, 1.165) is 23.0 Å². The van der Waals surface area contributed by atoms with Crippen molar-refractivity contribution in [3.63, 3.8) is 0 Å². The van der Waals surface area contributed by atoms with Crippen LogP contribution in [0.25, 0.3) is 6.08 Å². The number of nitrogens with zero attached hydrogens (tertiary/aromatic N) is 1. The standard InChI is InChI=1S/C14H16BrNO2/c15-13-4-2-1-3-12(13)5-6-14(18)16-8-7-11(9-16)10-17/h1-6,11,17H,7-10H2. The number of amides is 1. The molecule has 1 aliphatic heterocycles. The first-order valence-electron chi connectivity index (χ1n) is 6.03. The maximum absolute atomic E-state index is 11.9. The summed E-state index contributed by atoms with van der Waals surface area (Å²) in [7, 11) is 0. The van der Waals surface area contributed by atoms with Gasteiger partial charge < -0.3 is 10.0 Å². The smallest absolute Gasteiger partial charge is 0.246 e. The molecule has 1 saturated heterocycles. The van der Waals surface area contributed by atoms with Gasteiger partial charge in [-0.25, -0.2) is 0 Å². The quantitative estimate of drug-likeness (QED) is 0.870. The van der Waals surface area contributed by atoms with Crippen molar-refractivity contribution < 1.29 is 9.90 Å². The highest BCUT2D eigenvalue weighted by Gasteiger charge is 2.23. The summed E-state index contributed by atoms with van der Waals surface area (Å²) in [6, 6.07) is 7.78. The van der Waals surface area contributed by atoms with E-state index in [1.807, 2.05) is 30.3 Å². The lowest BCUT2D eigenvalue weighted by atomic mass is 10.1. The number of aliphatic hydroxyl groups excluding tert-OH is 1. The molecular weight excluding hydrogens is 294 g/mol. The Labute approximate surface area is 115 Å². The molecule has 1 fully saturated rings. The summed E-state index contributed by atoms with van der Waals surface area (Å²) in [4.78, 5) is 13.7. The Bertz CT molecular complexity index is 459. The molecule has 0 saturated carbocycles. The van der Waals surface area contributed by atoms with Gasteiger partial charge in [-0.2, -0.15) is 0 Å². The van der Waals surface area contributed by atoms with Crippen molar-refractivity contribution in [1.82, 2.24) is 4.90 Å². The van der Waals surface area contributed by atoms with Gasteiger partial charge in [0.25, 0.3) is 0 Å². The van der Waals surface area contributed by atoms with Crippen LogP contribution in [0.1, 0.15) is 12.0 Å². The molecule has 1 unspecified atom stereocenters. The maximum Gasteiger partial charge on any atom is 0.246 e. The Morgan fingerprint density at radius 3 is 2.94 bits per heavy atom. The molecule has 3 nitrogen and oxygen atoms in total. The summed E-state index contributed by atoms with van der Waals surface area (Å²) in [5.41, 5.74) is 0.990. The lowest BCUT2D eigenvalue weighted by molar-refractivity contribution is -0.125. The fourth-order valence-electron chi connectivity index (χ4n) is 2.06. The molecule has 1 aromatic carbocycles. The van der Waals surface area contributed by atoms with Crippen molar-refractivity contribution in [3.8, 4) is 0 Å². The van der Waals surface area contributed by atoms with E-state index in [1.165, 1.54) is 0 Å². The molecule has 0 radical (unpaired) electrons. The Balaban J connectivity index is 1.98. The third kappa shape index (κ3) is 3.21. The van der Waals surface area contributed by atoms with Gasteiger partial charge in [0.1, 0.15) is 0 Å². The van der Waals surface area contributed by atoms with E-state index in [1.54, 1.807) is 11.0 Å². The van der Waals surface area contributed by atoms with Crippen molar-refractivity contribution in [2.75, 3.05) is 19.7 Å². The zero-order valence-electron chi connectivity index (χ0n) is 10.1. The number of carbonyl (C=O) groups is 1. The predicted octanol–water partition coefficient (Wildman–Crippen LogP) is 2.30. The van der Waals surface area contributed by atoms with Crippen LogP contribution in [0.3, 0.4) is 0 Å². The Morgan fingerprint density at radius 2 is 2.28 bits per heavy atom. The minimum Gasteiger partial charge on any atom is -0.396 e. The van der Waals surface area contributed by atoms with E-state index in [-0.39, 0.29) is 18.4 Å². The van der Waals surface area contributed by atoms with E-state index in [4.69, 9.17) is 5.11 Å². The zero-order chi connectivity index (χ0) is 13.0. The molecule has 2 rings (SSSR count). The summed E-state index contributed by atoms with van der Waals surface area (Å²) in [6.07, 6.45) is 4.31. The largest absolute Gasteiger partial charge is 0.396 e. The molecule has 96 valence electrons. The van der Waals surface area contributed by atoms with E-state index < -0.39 is 0 Å². The first kappa shape index (κ1) is 13.3. The molecule has 0 aliphatic carbocycles. The van der Waals surface area contributed by atoms with Gasteiger partial charge in [-0.05, 0) is 24.1 Å². The van der Waals surface area contributed by atoms with Crippen LogP contribution in [0, 0.1) is 5.92 Å². The number of aliphatic hydroxyl groups is 1. The van der Waals surface area contributed by atoms with Crippen LogP contribution < -0.4 is 0 Å². The molecule has 18 heavy (non-hydrogen) atoms. The predicted molar refractivity (Wildman–Crippen MR) is 74.9 cm³/mol. The molecule has 0 spiro atoms. The van der Waals surface area contributed by atoms with E-state index in [0.29, 0.717) is 6.54 Å². The van der Waals surface area contributed by atoms with E-state index in [9.17, 15) is 4.79 Å². The highest BCUT2D eigenvalue weighted by molar-refractivity contribution is 9.10. The fraction of sp³-hybridized carbons (Fsp3) is 0.357. The van der Waals surface area contributed by atoms with Gasteiger partial charge in [0.05, 0.1) is 0 Å². The minimum atomic E-state index is 0.0155. The van der Waals surface area contributed by atoms with E-state index in [2.05, 4.69) is 15.9 Å². The van der Waals surface area contributed by atoms with Crippen molar-refractivity contribution in [2.45, 2.75) is 6.42 Å². The third-order valence-corrected chi connectivity index (χ3v) is 3.89. The first-order valence-corrected chi connectivity index (χ1v) is 6.82. The topological polar surface area (TPSA) is 40.5 Å². The minimum absolute atomic E-state index is 0.0155. The SMILES string of the molecule is O=C(C=Cc1ccccc1Br)N1CCC(CO)C1. The molecule has 1 amide bonds. The average molecular weight is 310 g/mol. The number of carbonyl (C=O) groups excluding carboxylic acids is 1. The summed E-state index contributed by atoms with van der Waals surface area (Å²) >= 11 is 3.44. The Morgan fingerprint density at radius 1 is 1.50 bits per heavy atom. The third-order valence-electron chi connectivity index (χ3n) is 3.17. The second kappa shape index (κ2) is 6.16. The zero-order valence-corrected chi connectivity index (χ0v) is 11.6. The highest BCUT2D eigenvalue weighted by Crippen LogP contribution is 2.19. The van der Waals surface area contributed by atoms with Crippen molar-refractivity contribution >= 4 is 27.9 Å². The van der Waals surface area contributed by atoms with Crippen LogP contribution in [0.4, 0.5) is 0 Å². The summed E-state index contributed by atoms with van der Waals surface area (Å²) in [5, 5.41) is 9.05. The number of hydrogen-bond acceptors (Lipinski definition) is 2. The number of benzene rings is 1. The maximum atomic E-state index is 11.9. The lowest BCUT2D eigenvalue weighted by Crippen LogP contribution is -2.27. The second-order valence-corrected chi connectivity index (χ2v) is 5.33. The monoisotopic (exact) mass is 309 g/mol. The summed E-state index contributed by atoms with van der Waals surface area (Å²) in [5.74, 6) is 0.257. The van der Waals surface area contributed by atoms with Gasteiger partial charge in [0.15, 0.2) is 0 Å². The second-order valence-electron chi connectivity index (χ2n) is 4.48. The van der Waals surface area contributed by atoms with Gasteiger partial charge >= 0.3 is 0 Å². The number of rotatable bonds is 3. The molecule has 0 aromatic heterocycles. The van der Waals surface area contributed by atoms with Crippen molar-refractivity contribution in [3.05, 3.63) is 40.4 Å². The van der Waals surface area contributed by atoms with Crippen LogP contribution in [-0.2, 0) is 4.79 Å². The molecule has 1 atom stereocenters. The molecule has 0 bridgehead atoms. The van der Waals surface area contributed by atoms with Crippen molar-refractivity contribution in [2.24, 2.45) is 5.92 Å². The van der Waals surface area contributed by atoms with Gasteiger partial charge in [-0.15, -0.1) is 0 Å². The molecule has 1 aliphatic rings. The number of likely N-dealkylation sites (tertiary alicyclic amines) is 1. The lowest BCUT2D eigenvalue weighted by Gasteiger charge is -2.13. The average Bonchev–Trinajstić information content (AvgIpc) is 2.86. The van der Waals surface area contributed by atoms with Crippen LogP contribution in [0.2, 0.25) is 0 Å². The summed E-state index contributed by atoms with van der Waals surface area (Å²) < 4.78 is 0.976. The first-order chi connectivity index (χ1) is 8.70. The normalized spacial score (nSPS) is 19.7. The van der Waals surface area contributed by atoms with Crippen LogP contribution in [0.15, 0.2) is 34.8 Å². The Kier molecular flexibility index (Phi) is 4.55. The van der Waals surface area contributed by atoms with Gasteiger partial charge in [-0.1, -0.05) is 34.1 Å². The molecule has 1 N–H and O–H groups in total. The Hall–Kier alpha value is -1.13. The molecular formula is C14H16BrNO2. The van der Waals surface area contributed by atoms with Crippen LogP contribution in [-0.4, -0.2) is 35.6 Å². The number of hydrogen-bond donors (Lipinski definition) is 1. The highest BCUT2D eigenvalue weighted by atomic mass is 79.9. The molecule has 1 heterocycles. The fourth-order valence-corrected chi connectivity index (χ4v) is 2.48. The molecule has 1 aromatic rings. The van der Waals surface area contributed by atoms with Crippen LogP contribution >= 0.6 is 15.9 Å². The van der Waals surface area contributed by atoms with E-state index >= 15 is 0 Å². The van der Waals surface area contributed by atoms with Gasteiger partial charge in [-0.3, -0.25) is 4.79 Å². The number of halogens is 1. The van der Waals surface area contributed by atoms with Gasteiger partial charge in [0.2, 0.25) is 5.91 Å². The van der Waals surface area contributed by atoms with Gasteiger partial charge in [0, 0.05) is 36.2 Å². The van der Waals surface area contributed by atoms with Crippen molar-refractivity contribution in [1.29, 1.82) is 0 Å². The van der Waals surface area contributed by atoms with Crippen LogP contribution in [0.5, 0.6) is 0 Å². The molecule has 4 heteroatoms.